The quantitative estimate of drug-likeness (QED) is 0.404. The third-order valence-corrected chi connectivity index (χ3v) is 0.408. The van der Waals surface area contributed by atoms with Gasteiger partial charge in [0.15, 0.2) is 0 Å². The van der Waals surface area contributed by atoms with Crippen LogP contribution in [0.3, 0.4) is 0 Å². The molecule has 9 heavy (non-hydrogen) atoms. The predicted molar refractivity (Wildman–Crippen MR) is 27.2 cm³/mol. The Labute approximate surface area is 152 Å². The second-order valence-corrected chi connectivity index (χ2v) is 0.931. The summed E-state index contributed by atoms with van der Waals surface area (Å²) in [5.74, 6) is 0. The van der Waals surface area contributed by atoms with E-state index < -0.39 is 0 Å². The van der Waals surface area contributed by atoms with Crippen LogP contribution in [0.1, 0.15) is 12.1 Å². The van der Waals surface area contributed by atoms with E-state index in [2.05, 4.69) is 0 Å². The zero-order chi connectivity index (χ0) is 4.12. The van der Waals surface area contributed by atoms with Crippen LogP contribution in [0.25, 0.3) is 0 Å². The zero-order valence-corrected chi connectivity index (χ0v) is 15.3. The van der Waals surface area contributed by atoms with Crippen molar-refractivity contribution in [2.75, 3.05) is 13.1 Å². The molecule has 0 aliphatic heterocycles. The van der Waals surface area contributed by atoms with Crippen molar-refractivity contribution in [3.63, 3.8) is 0 Å². The van der Waals surface area contributed by atoms with E-state index in [-0.39, 0.29) is 124 Å². The first-order chi connectivity index (χ1) is 2.41. The molecular weight excluding hydrogens is 156 g/mol. The fourth-order valence-corrected chi connectivity index (χ4v) is 0.118. The summed E-state index contributed by atoms with van der Waals surface area (Å²) in [5, 5.41) is 0. The molecule has 0 unspecified atom stereocenters. The van der Waals surface area contributed by atoms with Crippen LogP contribution in [0, 0.1) is 0 Å². The van der Waals surface area contributed by atoms with Crippen LogP contribution >= 0.6 is 0 Å². The third-order valence-electron chi connectivity index (χ3n) is 0.408. The first kappa shape index (κ1) is 29.3. The van der Waals surface area contributed by atoms with Crippen molar-refractivity contribution in [2.24, 2.45) is 11.5 Å². The SMILES string of the molecule is NCCCN.[H-].[H-].[H-].[H-].[Na+].[Na+].[Na+].[Na+]. The molecule has 0 heterocycles. The average molecular weight is 170 g/mol. The summed E-state index contributed by atoms with van der Waals surface area (Å²) in [6, 6.07) is 0. The Morgan fingerprint density at radius 2 is 1.00 bits per heavy atom. The van der Waals surface area contributed by atoms with Crippen molar-refractivity contribution in [2.45, 2.75) is 6.42 Å². The minimum atomic E-state index is 0. The predicted octanol–water partition coefficient (Wildman–Crippen LogP) is -12.2. The summed E-state index contributed by atoms with van der Waals surface area (Å²) in [4.78, 5) is 0. The van der Waals surface area contributed by atoms with E-state index in [0.717, 1.165) is 19.5 Å². The Kier molecular flexibility index (Phi) is 96.5. The van der Waals surface area contributed by atoms with Gasteiger partial charge in [0.1, 0.15) is 0 Å². The van der Waals surface area contributed by atoms with Gasteiger partial charge >= 0.3 is 118 Å². The third kappa shape index (κ3) is 33.5. The van der Waals surface area contributed by atoms with Gasteiger partial charge in [-0.2, -0.15) is 0 Å². The molecule has 0 fully saturated rings. The van der Waals surface area contributed by atoms with E-state index in [1.165, 1.54) is 0 Å². The zero-order valence-electron chi connectivity index (χ0n) is 11.3. The van der Waals surface area contributed by atoms with Crippen LogP contribution in [0.5, 0.6) is 0 Å². The Morgan fingerprint density at radius 1 is 0.778 bits per heavy atom. The van der Waals surface area contributed by atoms with Gasteiger partial charge in [-0.1, -0.05) is 0 Å². The molecule has 40 valence electrons. The Bertz CT molecular complexity index is 32.9. The van der Waals surface area contributed by atoms with Gasteiger partial charge in [0.2, 0.25) is 0 Å². The monoisotopic (exact) mass is 170 g/mol. The van der Waals surface area contributed by atoms with E-state index in [4.69, 9.17) is 11.5 Å². The molecule has 0 spiro atoms. The molecule has 0 rings (SSSR count). The molecular formula is C3H14N2Na4. The van der Waals surface area contributed by atoms with Gasteiger partial charge in [-0.3, -0.25) is 0 Å². The summed E-state index contributed by atoms with van der Waals surface area (Å²) in [6.45, 7) is 1.44. The molecule has 6 heteroatoms. The summed E-state index contributed by atoms with van der Waals surface area (Å²) < 4.78 is 0. The molecule has 0 aromatic carbocycles. The van der Waals surface area contributed by atoms with Gasteiger partial charge in [-0.05, 0) is 19.5 Å². The van der Waals surface area contributed by atoms with Crippen LogP contribution in [0.4, 0.5) is 0 Å². The molecule has 0 aromatic rings. The van der Waals surface area contributed by atoms with Gasteiger partial charge in [0, 0.05) is 0 Å². The average Bonchev–Trinajstić information content (AvgIpc) is 1.41. The van der Waals surface area contributed by atoms with Gasteiger partial charge in [-0.25, -0.2) is 0 Å². The molecule has 2 nitrogen and oxygen atoms in total. The van der Waals surface area contributed by atoms with Crippen LogP contribution in [0.2, 0.25) is 0 Å². The van der Waals surface area contributed by atoms with Crippen molar-refractivity contribution in [1.29, 1.82) is 0 Å². The molecule has 0 amide bonds. The Morgan fingerprint density at radius 3 is 1.00 bits per heavy atom. The van der Waals surface area contributed by atoms with E-state index in [0.29, 0.717) is 0 Å². The Balaban J connectivity index is -0.00000000286. The molecule has 0 radical (unpaired) electrons. The number of hydrogen-bond donors (Lipinski definition) is 2. The Hall–Kier alpha value is 3.92. The standard InChI is InChI=1S/C3H10N2.4Na.4H/c4-2-1-3-5;;;;;;;;/h1-5H2;;;;;;;;/q;4*+1;4*-1. The molecule has 0 aromatic heterocycles. The molecule has 4 N–H and O–H groups in total. The van der Waals surface area contributed by atoms with Gasteiger partial charge < -0.3 is 17.2 Å². The van der Waals surface area contributed by atoms with Crippen molar-refractivity contribution in [1.82, 2.24) is 0 Å². The summed E-state index contributed by atoms with van der Waals surface area (Å²) in [5.41, 5.74) is 10.1. The molecule has 0 saturated heterocycles. The van der Waals surface area contributed by atoms with E-state index in [1.54, 1.807) is 0 Å². The summed E-state index contributed by atoms with van der Waals surface area (Å²) >= 11 is 0. The largest absolute Gasteiger partial charge is 1.00 e. The maximum absolute atomic E-state index is 5.06. The van der Waals surface area contributed by atoms with E-state index in [1.807, 2.05) is 0 Å². The van der Waals surface area contributed by atoms with Crippen LogP contribution < -0.4 is 130 Å². The molecule has 0 atom stereocenters. The van der Waals surface area contributed by atoms with Gasteiger partial charge in [0.05, 0.1) is 0 Å². The smallest absolute Gasteiger partial charge is 1.00 e. The van der Waals surface area contributed by atoms with E-state index >= 15 is 0 Å². The van der Waals surface area contributed by atoms with Crippen molar-refractivity contribution < 1.29 is 124 Å². The van der Waals surface area contributed by atoms with Crippen LogP contribution in [-0.4, -0.2) is 13.1 Å². The molecule has 0 saturated carbocycles. The second kappa shape index (κ2) is 29.7. The normalized spacial score (nSPS) is 4.67. The minimum Gasteiger partial charge on any atom is -1.00 e. The van der Waals surface area contributed by atoms with Crippen molar-refractivity contribution >= 4 is 0 Å². The summed E-state index contributed by atoms with van der Waals surface area (Å²) in [7, 11) is 0. The first-order valence-corrected chi connectivity index (χ1v) is 1.82. The van der Waals surface area contributed by atoms with E-state index in [9.17, 15) is 0 Å². The van der Waals surface area contributed by atoms with Crippen LogP contribution in [-0.2, 0) is 0 Å². The molecule has 0 aliphatic rings. The summed E-state index contributed by atoms with van der Waals surface area (Å²) in [6.07, 6.45) is 0.944. The first-order valence-electron chi connectivity index (χ1n) is 1.82. The maximum atomic E-state index is 5.06. The molecule has 0 bridgehead atoms. The van der Waals surface area contributed by atoms with Gasteiger partial charge in [-0.15, -0.1) is 0 Å². The topological polar surface area (TPSA) is 52.0 Å². The fourth-order valence-electron chi connectivity index (χ4n) is 0.118. The number of hydrogen-bond acceptors (Lipinski definition) is 2. The van der Waals surface area contributed by atoms with Crippen molar-refractivity contribution in [3.8, 4) is 0 Å². The second-order valence-electron chi connectivity index (χ2n) is 0.931. The van der Waals surface area contributed by atoms with Crippen LogP contribution in [0.15, 0.2) is 0 Å². The maximum Gasteiger partial charge on any atom is 1.00 e. The van der Waals surface area contributed by atoms with Crippen molar-refractivity contribution in [3.05, 3.63) is 0 Å². The number of nitrogens with two attached hydrogens (primary N) is 2. The van der Waals surface area contributed by atoms with Gasteiger partial charge in [0.25, 0.3) is 0 Å². The number of rotatable bonds is 2. The fraction of sp³-hybridized carbons (Fsp3) is 1.00. The minimum absolute atomic E-state index is 0. The molecule has 0 aliphatic carbocycles.